The van der Waals surface area contributed by atoms with Crippen molar-refractivity contribution in [1.29, 1.82) is 0 Å². The van der Waals surface area contributed by atoms with Crippen LogP contribution in [0.1, 0.15) is 57.4 Å². The maximum absolute atomic E-state index is 12.3. The van der Waals surface area contributed by atoms with E-state index in [9.17, 15) is 9.59 Å². The topological polar surface area (TPSA) is 62.3 Å². The number of nitrogens with one attached hydrogen (secondary N) is 1. The maximum atomic E-state index is 12.3. The third-order valence-electron chi connectivity index (χ3n) is 5.91. The summed E-state index contributed by atoms with van der Waals surface area (Å²) < 4.78 is 0. The molecule has 4 rings (SSSR count). The summed E-state index contributed by atoms with van der Waals surface area (Å²) in [6, 6.07) is 6.16. The van der Waals surface area contributed by atoms with Crippen LogP contribution in [-0.2, 0) is 16.0 Å². The molecule has 0 bridgehead atoms. The van der Waals surface area contributed by atoms with Crippen molar-refractivity contribution in [2.24, 2.45) is 5.92 Å². The molecule has 1 N–H and O–H groups in total. The molecule has 0 radical (unpaired) electrons. The molecule has 6 heteroatoms. The van der Waals surface area contributed by atoms with Gasteiger partial charge in [0.25, 0.3) is 0 Å². The Hall–Kier alpha value is -2.21. The van der Waals surface area contributed by atoms with E-state index >= 15 is 0 Å². The van der Waals surface area contributed by atoms with Crippen LogP contribution < -0.4 is 10.2 Å². The maximum Gasteiger partial charge on any atom is 0.226 e. The Kier molecular flexibility index (Phi) is 5.76. The predicted molar refractivity (Wildman–Crippen MR) is 114 cm³/mol. The Morgan fingerprint density at radius 2 is 2.07 bits per heavy atom. The highest BCUT2D eigenvalue weighted by Gasteiger charge is 2.23. The Balaban J connectivity index is 1.38. The van der Waals surface area contributed by atoms with Crippen LogP contribution in [0.2, 0.25) is 0 Å². The second kappa shape index (κ2) is 8.43. The second-order valence-corrected chi connectivity index (χ2v) is 8.75. The molecule has 2 amide bonds. The number of hydrogen-bond acceptors (Lipinski definition) is 4. The first-order chi connectivity index (χ1) is 13.6. The summed E-state index contributed by atoms with van der Waals surface area (Å²) >= 11 is 1.45. The number of hydrogen-bond donors (Lipinski definition) is 1. The third kappa shape index (κ3) is 4.27. The molecule has 1 aromatic heterocycles. The molecule has 2 aliphatic rings. The smallest absolute Gasteiger partial charge is 0.226 e. The van der Waals surface area contributed by atoms with Crippen molar-refractivity contribution in [2.75, 3.05) is 16.8 Å². The molecule has 2 aromatic rings. The average molecular weight is 398 g/mol. The number of aromatic nitrogens is 1. The first kappa shape index (κ1) is 19.1. The van der Waals surface area contributed by atoms with Gasteiger partial charge in [-0.15, -0.1) is 11.3 Å². The van der Waals surface area contributed by atoms with Crippen LogP contribution in [0, 0.1) is 5.92 Å². The highest BCUT2D eigenvalue weighted by molar-refractivity contribution is 7.14. The number of carbonyl (C=O) groups excluding carboxylic acids is 2. The van der Waals surface area contributed by atoms with Crippen LogP contribution >= 0.6 is 11.3 Å². The number of amides is 2. The van der Waals surface area contributed by atoms with Crippen molar-refractivity contribution in [3.05, 3.63) is 29.1 Å². The van der Waals surface area contributed by atoms with Gasteiger partial charge in [-0.2, -0.15) is 0 Å². The lowest BCUT2D eigenvalue weighted by molar-refractivity contribution is -0.117. The molecule has 1 saturated carbocycles. The van der Waals surface area contributed by atoms with Crippen molar-refractivity contribution >= 4 is 34.0 Å². The van der Waals surface area contributed by atoms with Gasteiger partial charge >= 0.3 is 0 Å². The molecule has 5 nitrogen and oxygen atoms in total. The minimum Gasteiger partial charge on any atom is -0.312 e. The van der Waals surface area contributed by atoms with Gasteiger partial charge in [0, 0.05) is 36.5 Å². The summed E-state index contributed by atoms with van der Waals surface area (Å²) in [7, 11) is 0. The third-order valence-corrected chi connectivity index (χ3v) is 6.67. The van der Waals surface area contributed by atoms with Crippen LogP contribution in [0.5, 0.6) is 0 Å². The predicted octanol–water partition coefficient (Wildman–Crippen LogP) is 5.02. The molecular formula is C22H27N3O2S. The second-order valence-electron chi connectivity index (χ2n) is 7.89. The van der Waals surface area contributed by atoms with Gasteiger partial charge in [0.2, 0.25) is 11.8 Å². The van der Waals surface area contributed by atoms with Crippen LogP contribution in [0.25, 0.3) is 11.3 Å². The van der Waals surface area contributed by atoms with Gasteiger partial charge in [-0.1, -0.05) is 44.2 Å². The SMILES string of the molecule is CC(=O)N1CCc2ccc(-c3csc(NC(=O)CCC4CCCCC4)n3)cc21. The standard InChI is InChI=1S/C22H27N3O2S/c1-15(26)25-12-11-17-8-9-18(13-20(17)25)19-14-28-22(23-19)24-21(27)10-7-16-5-3-2-4-6-16/h8-9,13-14,16H,2-7,10-12H2,1H3,(H,23,24,27). The van der Waals surface area contributed by atoms with Crippen LogP contribution in [-0.4, -0.2) is 23.3 Å². The van der Waals surface area contributed by atoms with Crippen molar-refractivity contribution in [3.8, 4) is 11.3 Å². The van der Waals surface area contributed by atoms with Crippen LogP contribution in [0.3, 0.4) is 0 Å². The number of anilines is 2. The fourth-order valence-corrected chi connectivity index (χ4v) is 5.06. The normalized spacial score (nSPS) is 16.8. The summed E-state index contributed by atoms with van der Waals surface area (Å²) in [5.41, 5.74) is 4.00. The van der Waals surface area contributed by atoms with E-state index < -0.39 is 0 Å². The summed E-state index contributed by atoms with van der Waals surface area (Å²) in [5.74, 6) is 0.838. The van der Waals surface area contributed by atoms with E-state index in [1.165, 1.54) is 49.0 Å². The Morgan fingerprint density at radius 3 is 2.86 bits per heavy atom. The zero-order valence-corrected chi connectivity index (χ0v) is 17.2. The van der Waals surface area contributed by atoms with Gasteiger partial charge in [0.15, 0.2) is 5.13 Å². The lowest BCUT2D eigenvalue weighted by Gasteiger charge is -2.20. The molecule has 1 aromatic carbocycles. The van der Waals surface area contributed by atoms with E-state index in [2.05, 4.69) is 16.4 Å². The quantitative estimate of drug-likeness (QED) is 0.771. The van der Waals surface area contributed by atoms with E-state index in [0.29, 0.717) is 17.5 Å². The van der Waals surface area contributed by atoms with Gasteiger partial charge in [0.05, 0.1) is 5.69 Å². The van der Waals surface area contributed by atoms with Crippen LogP contribution in [0.4, 0.5) is 10.8 Å². The minimum atomic E-state index is 0.0585. The molecule has 2 heterocycles. The van der Waals surface area contributed by atoms with E-state index in [1.807, 2.05) is 22.4 Å². The fraction of sp³-hybridized carbons (Fsp3) is 0.500. The van der Waals surface area contributed by atoms with Crippen molar-refractivity contribution < 1.29 is 9.59 Å². The van der Waals surface area contributed by atoms with Gasteiger partial charge < -0.3 is 10.2 Å². The lowest BCUT2D eigenvalue weighted by Crippen LogP contribution is -2.25. The molecule has 0 unspecified atom stereocenters. The number of fused-ring (bicyclic) bond motifs is 1. The number of rotatable bonds is 5. The van der Waals surface area contributed by atoms with E-state index in [1.54, 1.807) is 6.92 Å². The molecule has 1 aliphatic heterocycles. The van der Waals surface area contributed by atoms with Crippen molar-refractivity contribution in [2.45, 2.75) is 58.3 Å². The first-order valence-corrected chi connectivity index (χ1v) is 11.1. The van der Waals surface area contributed by atoms with Gasteiger partial charge in [-0.05, 0) is 30.4 Å². The van der Waals surface area contributed by atoms with Gasteiger partial charge in [-0.25, -0.2) is 4.98 Å². The summed E-state index contributed by atoms with van der Waals surface area (Å²) in [5, 5.41) is 5.56. The Bertz CT molecular complexity index is 870. The molecule has 1 aliphatic carbocycles. The largest absolute Gasteiger partial charge is 0.312 e. The number of nitrogens with zero attached hydrogens (tertiary/aromatic N) is 2. The van der Waals surface area contributed by atoms with Gasteiger partial charge in [0.1, 0.15) is 0 Å². The monoisotopic (exact) mass is 397 g/mol. The number of thiazole rings is 1. The summed E-state index contributed by atoms with van der Waals surface area (Å²) in [4.78, 5) is 30.5. The highest BCUT2D eigenvalue weighted by atomic mass is 32.1. The lowest BCUT2D eigenvalue weighted by atomic mass is 9.86. The molecule has 1 fully saturated rings. The number of carbonyl (C=O) groups is 2. The van der Waals surface area contributed by atoms with Crippen LogP contribution in [0.15, 0.2) is 23.6 Å². The first-order valence-electron chi connectivity index (χ1n) is 10.3. The highest BCUT2D eigenvalue weighted by Crippen LogP contribution is 2.34. The molecule has 0 saturated heterocycles. The van der Waals surface area contributed by atoms with Crippen molar-refractivity contribution in [1.82, 2.24) is 4.98 Å². The molecule has 0 spiro atoms. The summed E-state index contributed by atoms with van der Waals surface area (Å²) in [6.45, 7) is 2.35. The van der Waals surface area contributed by atoms with Crippen molar-refractivity contribution in [3.63, 3.8) is 0 Å². The molecular weight excluding hydrogens is 370 g/mol. The Morgan fingerprint density at radius 1 is 1.25 bits per heavy atom. The Labute approximate surface area is 170 Å². The van der Waals surface area contributed by atoms with E-state index in [4.69, 9.17) is 0 Å². The number of benzene rings is 1. The molecule has 28 heavy (non-hydrogen) atoms. The fourth-order valence-electron chi connectivity index (χ4n) is 4.32. The van der Waals surface area contributed by atoms with Gasteiger partial charge in [-0.3, -0.25) is 9.59 Å². The average Bonchev–Trinajstić information content (AvgIpc) is 3.33. The zero-order chi connectivity index (χ0) is 19.5. The molecule has 148 valence electrons. The molecule has 0 atom stereocenters. The van der Waals surface area contributed by atoms with E-state index in [0.717, 1.165) is 36.3 Å². The summed E-state index contributed by atoms with van der Waals surface area (Å²) in [6.07, 6.45) is 8.95. The van der Waals surface area contributed by atoms with E-state index in [-0.39, 0.29) is 11.8 Å². The minimum absolute atomic E-state index is 0.0585. The zero-order valence-electron chi connectivity index (χ0n) is 16.4.